The van der Waals surface area contributed by atoms with Crippen LogP contribution in [0.4, 0.5) is 4.79 Å². The summed E-state index contributed by atoms with van der Waals surface area (Å²) < 4.78 is 5.13. The zero-order valence-corrected chi connectivity index (χ0v) is 13.3. The molecule has 1 unspecified atom stereocenters. The van der Waals surface area contributed by atoms with E-state index >= 15 is 0 Å². The Morgan fingerprint density at radius 3 is 2.70 bits per heavy atom. The monoisotopic (exact) mass is 304 g/mol. The van der Waals surface area contributed by atoms with Crippen LogP contribution in [0.5, 0.6) is 0 Å². The normalized spacial score (nSPS) is 19.3. The molecule has 0 saturated carbocycles. The second kappa shape index (κ2) is 7.72. The number of rotatable bonds is 6. The van der Waals surface area contributed by atoms with Gasteiger partial charge in [0.1, 0.15) is 5.60 Å². The zero-order valence-electron chi connectivity index (χ0n) is 12.6. The summed E-state index contributed by atoms with van der Waals surface area (Å²) >= 11 is 5.77. The highest BCUT2D eigenvalue weighted by molar-refractivity contribution is 6.18. The fourth-order valence-electron chi connectivity index (χ4n) is 2.11. The molecule has 1 fully saturated rings. The highest BCUT2D eigenvalue weighted by Crippen LogP contribution is 2.19. The molecule has 1 aliphatic rings. The molecule has 1 saturated heterocycles. The van der Waals surface area contributed by atoms with Gasteiger partial charge >= 0.3 is 6.09 Å². The van der Waals surface area contributed by atoms with Crippen molar-refractivity contribution in [3.05, 3.63) is 0 Å². The molecular weight excluding hydrogens is 280 g/mol. The predicted molar refractivity (Wildman–Crippen MR) is 78.9 cm³/mol. The molecular formula is C14H25ClN2O3. The fourth-order valence-corrected chi connectivity index (χ4v) is 2.31. The zero-order chi connectivity index (χ0) is 15.2. The summed E-state index contributed by atoms with van der Waals surface area (Å²) in [5.41, 5.74) is -0.470. The fraction of sp³-hybridized carbons (Fsp3) is 0.857. The van der Waals surface area contributed by atoms with Gasteiger partial charge in [-0.1, -0.05) is 0 Å². The molecule has 1 rings (SSSR count). The molecule has 20 heavy (non-hydrogen) atoms. The summed E-state index contributed by atoms with van der Waals surface area (Å²) in [6.45, 7) is 7.57. The van der Waals surface area contributed by atoms with Gasteiger partial charge in [0, 0.05) is 31.9 Å². The Labute approximate surface area is 126 Å². The number of ether oxygens (including phenoxy) is 1. The van der Waals surface area contributed by atoms with E-state index in [-0.39, 0.29) is 5.91 Å². The van der Waals surface area contributed by atoms with E-state index in [2.05, 4.69) is 5.32 Å². The van der Waals surface area contributed by atoms with Crippen LogP contribution in [0, 0.1) is 5.92 Å². The number of unbranched alkanes of at least 4 members (excludes halogenated alkanes) is 1. The van der Waals surface area contributed by atoms with Crippen molar-refractivity contribution in [2.24, 2.45) is 5.92 Å². The second-order valence-electron chi connectivity index (χ2n) is 6.20. The summed E-state index contributed by atoms with van der Waals surface area (Å²) in [5, 5.41) is 2.71. The number of likely N-dealkylation sites (tertiary alicyclic amines) is 1. The number of alkyl halides is 1. The van der Waals surface area contributed by atoms with Crippen LogP contribution in [0.2, 0.25) is 0 Å². The number of hydrogen-bond acceptors (Lipinski definition) is 3. The number of alkyl carbamates (subject to hydrolysis) is 1. The molecule has 0 aromatic carbocycles. The topological polar surface area (TPSA) is 58.6 Å². The van der Waals surface area contributed by atoms with Crippen LogP contribution >= 0.6 is 11.6 Å². The van der Waals surface area contributed by atoms with Crippen LogP contribution < -0.4 is 5.32 Å². The summed E-state index contributed by atoms with van der Waals surface area (Å²) in [7, 11) is 0. The number of nitrogens with one attached hydrogen (secondary N) is 1. The van der Waals surface area contributed by atoms with Crippen molar-refractivity contribution >= 4 is 23.6 Å². The average molecular weight is 305 g/mol. The lowest BCUT2D eigenvalue weighted by Crippen LogP contribution is -2.33. The molecule has 116 valence electrons. The molecule has 0 aromatic rings. The average Bonchev–Trinajstić information content (AvgIpc) is 2.67. The van der Waals surface area contributed by atoms with Crippen LogP contribution in [0.1, 0.15) is 40.0 Å². The van der Waals surface area contributed by atoms with Crippen molar-refractivity contribution < 1.29 is 14.3 Å². The number of carbonyl (C=O) groups is 2. The van der Waals surface area contributed by atoms with Gasteiger partial charge in [-0.3, -0.25) is 4.79 Å². The Balaban J connectivity index is 2.08. The minimum atomic E-state index is -0.470. The van der Waals surface area contributed by atoms with Crippen LogP contribution in [0.3, 0.4) is 0 Å². The van der Waals surface area contributed by atoms with Crippen molar-refractivity contribution in [2.75, 3.05) is 25.5 Å². The first-order valence-corrected chi connectivity index (χ1v) is 7.66. The van der Waals surface area contributed by atoms with E-state index in [1.165, 1.54) is 0 Å². The summed E-state index contributed by atoms with van der Waals surface area (Å²) in [6, 6.07) is 0. The second-order valence-corrected chi connectivity index (χ2v) is 6.51. The van der Waals surface area contributed by atoms with Crippen LogP contribution in [0.15, 0.2) is 0 Å². The number of nitrogens with zero attached hydrogens (tertiary/aromatic N) is 1. The lowest BCUT2D eigenvalue weighted by atomic mass is 10.1. The molecule has 0 radical (unpaired) electrons. The Kier molecular flexibility index (Phi) is 6.59. The molecule has 0 aromatic heterocycles. The standard InChI is InChI=1S/C14H25ClN2O3/c1-14(2,3)20-13(19)16-6-4-5-7-17-10-11(9-15)8-12(17)18/h11H,4-10H2,1-3H3,(H,16,19). The Morgan fingerprint density at radius 1 is 1.45 bits per heavy atom. The van der Waals surface area contributed by atoms with E-state index in [0.717, 1.165) is 25.9 Å². The highest BCUT2D eigenvalue weighted by Gasteiger charge is 2.28. The number of halogens is 1. The number of hydrogen-bond donors (Lipinski definition) is 1. The van der Waals surface area contributed by atoms with Crippen molar-refractivity contribution in [3.8, 4) is 0 Å². The van der Waals surface area contributed by atoms with E-state index in [1.807, 2.05) is 25.7 Å². The SMILES string of the molecule is CC(C)(C)OC(=O)NCCCCN1CC(CCl)CC1=O. The lowest BCUT2D eigenvalue weighted by molar-refractivity contribution is -0.127. The van der Waals surface area contributed by atoms with Crippen LogP contribution in [-0.2, 0) is 9.53 Å². The number of amides is 2. The van der Waals surface area contributed by atoms with Gasteiger partial charge in [-0.25, -0.2) is 4.79 Å². The molecule has 6 heteroatoms. The maximum absolute atomic E-state index is 11.6. The van der Waals surface area contributed by atoms with Gasteiger partial charge in [0.05, 0.1) is 0 Å². The minimum absolute atomic E-state index is 0.191. The third-order valence-electron chi connectivity index (χ3n) is 3.04. The minimum Gasteiger partial charge on any atom is -0.444 e. The highest BCUT2D eigenvalue weighted by atomic mass is 35.5. The van der Waals surface area contributed by atoms with Gasteiger partial charge in [-0.05, 0) is 39.5 Å². The van der Waals surface area contributed by atoms with Crippen molar-refractivity contribution in [2.45, 2.75) is 45.6 Å². The number of carbonyl (C=O) groups excluding carboxylic acids is 2. The molecule has 0 bridgehead atoms. The lowest BCUT2D eigenvalue weighted by Gasteiger charge is -2.20. The van der Waals surface area contributed by atoms with E-state index in [1.54, 1.807) is 0 Å². The van der Waals surface area contributed by atoms with E-state index in [4.69, 9.17) is 16.3 Å². The Hall–Kier alpha value is -0.970. The molecule has 1 atom stereocenters. The van der Waals surface area contributed by atoms with Crippen molar-refractivity contribution in [3.63, 3.8) is 0 Å². The smallest absolute Gasteiger partial charge is 0.407 e. The van der Waals surface area contributed by atoms with Gasteiger partial charge in [0.25, 0.3) is 0 Å². The molecule has 0 aliphatic carbocycles. The summed E-state index contributed by atoms with van der Waals surface area (Å²) in [4.78, 5) is 24.9. The molecule has 1 N–H and O–H groups in total. The summed E-state index contributed by atoms with van der Waals surface area (Å²) in [6.07, 6.45) is 1.88. The third-order valence-corrected chi connectivity index (χ3v) is 3.47. The first-order chi connectivity index (χ1) is 9.31. The van der Waals surface area contributed by atoms with Gasteiger partial charge in [-0.2, -0.15) is 0 Å². The molecule has 1 heterocycles. The van der Waals surface area contributed by atoms with E-state index in [9.17, 15) is 9.59 Å². The predicted octanol–water partition coefficient (Wildman–Crippen LogP) is 2.38. The maximum atomic E-state index is 11.6. The third kappa shape index (κ3) is 6.46. The Morgan fingerprint density at radius 2 is 2.15 bits per heavy atom. The Bertz CT molecular complexity index is 342. The van der Waals surface area contributed by atoms with Crippen molar-refractivity contribution in [1.82, 2.24) is 10.2 Å². The van der Waals surface area contributed by atoms with Gasteiger partial charge in [0.15, 0.2) is 0 Å². The molecule has 1 aliphatic heterocycles. The first kappa shape index (κ1) is 17.1. The van der Waals surface area contributed by atoms with Gasteiger partial charge in [0.2, 0.25) is 5.91 Å². The van der Waals surface area contributed by atoms with Crippen LogP contribution in [0.25, 0.3) is 0 Å². The summed E-state index contributed by atoms with van der Waals surface area (Å²) in [5.74, 6) is 1.03. The molecule has 0 spiro atoms. The largest absolute Gasteiger partial charge is 0.444 e. The first-order valence-electron chi connectivity index (χ1n) is 7.12. The van der Waals surface area contributed by atoms with Crippen LogP contribution in [-0.4, -0.2) is 48.0 Å². The van der Waals surface area contributed by atoms with Gasteiger partial charge in [-0.15, -0.1) is 11.6 Å². The van der Waals surface area contributed by atoms with Crippen molar-refractivity contribution in [1.29, 1.82) is 0 Å². The molecule has 2 amide bonds. The quantitative estimate of drug-likeness (QED) is 0.605. The maximum Gasteiger partial charge on any atom is 0.407 e. The van der Waals surface area contributed by atoms with Gasteiger partial charge < -0.3 is 15.0 Å². The van der Waals surface area contributed by atoms with E-state index in [0.29, 0.717) is 24.8 Å². The van der Waals surface area contributed by atoms with E-state index < -0.39 is 11.7 Å². The molecule has 5 nitrogen and oxygen atoms in total.